The van der Waals surface area contributed by atoms with Gasteiger partial charge in [0.2, 0.25) is 0 Å². The lowest BCUT2D eigenvalue weighted by atomic mass is 9.48. The molecule has 0 spiro atoms. The summed E-state index contributed by atoms with van der Waals surface area (Å²) >= 11 is 0. The van der Waals surface area contributed by atoms with Crippen LogP contribution in [0.1, 0.15) is 69.1 Å². The molecule has 0 heterocycles. The van der Waals surface area contributed by atoms with Gasteiger partial charge in [-0.3, -0.25) is 0 Å². The van der Waals surface area contributed by atoms with E-state index < -0.39 is 0 Å². The number of hydrogen-bond acceptors (Lipinski definition) is 1. The Hall–Kier alpha value is -6.96. The van der Waals surface area contributed by atoms with Crippen LogP contribution < -0.4 is 4.90 Å². The highest BCUT2D eigenvalue weighted by Crippen LogP contribution is 2.61. The third-order valence-electron chi connectivity index (χ3n) is 16.5. The predicted molar refractivity (Wildman–Crippen MR) is 278 cm³/mol. The molecule has 0 N–H and O–H groups in total. The topological polar surface area (TPSA) is 3.24 Å². The van der Waals surface area contributed by atoms with E-state index in [1.54, 1.807) is 5.56 Å². The van der Waals surface area contributed by atoms with Crippen molar-refractivity contribution in [1.29, 1.82) is 0 Å². The third kappa shape index (κ3) is 6.50. The van der Waals surface area contributed by atoms with Crippen molar-refractivity contribution < 1.29 is 0 Å². The van der Waals surface area contributed by atoms with Crippen LogP contribution >= 0.6 is 0 Å². The van der Waals surface area contributed by atoms with E-state index in [2.05, 4.69) is 225 Å². The molecule has 0 aromatic heterocycles. The first-order chi connectivity index (χ1) is 32.4. The summed E-state index contributed by atoms with van der Waals surface area (Å²) in [6.07, 6.45) is 8.66. The average molecular weight is 850 g/mol. The molecule has 66 heavy (non-hydrogen) atoms. The van der Waals surface area contributed by atoms with Gasteiger partial charge in [-0.25, -0.2) is 0 Å². The van der Waals surface area contributed by atoms with Crippen molar-refractivity contribution in [2.45, 2.75) is 63.2 Å². The second-order valence-corrected chi connectivity index (χ2v) is 20.8. The summed E-state index contributed by atoms with van der Waals surface area (Å²) in [6, 6.07) is 77.5. The maximum atomic E-state index is 2.48. The summed E-state index contributed by atoms with van der Waals surface area (Å²) < 4.78 is 0. The molecule has 1 heteroatoms. The first-order valence-corrected chi connectivity index (χ1v) is 24.4. The minimum atomic E-state index is -0.0391. The van der Waals surface area contributed by atoms with Crippen molar-refractivity contribution in [3.63, 3.8) is 0 Å². The zero-order valence-electron chi connectivity index (χ0n) is 38.1. The molecule has 5 aliphatic carbocycles. The fraction of sp³-hybridized carbons (Fsp3) is 0.200. The van der Waals surface area contributed by atoms with E-state index in [0.717, 1.165) is 34.8 Å². The van der Waals surface area contributed by atoms with Crippen LogP contribution in [0.5, 0.6) is 0 Å². The van der Waals surface area contributed by atoms with E-state index >= 15 is 0 Å². The molecule has 4 fully saturated rings. The summed E-state index contributed by atoms with van der Waals surface area (Å²) in [7, 11) is 0. The zero-order valence-corrected chi connectivity index (χ0v) is 38.1. The standard InChI is InChI=1S/C65H55N/c1-64(2)61-17-7-6-14-59(61)60-35-26-52(39-62(60)64)48-22-31-55(32-23-48)66(56-33-24-50(25-34-56)58-16-9-13-51-12-8-15-57(63(51)58)49-10-4-3-5-11-49)54-29-20-47(21-30-54)46-18-27-53(28-19-46)65-40-43-36-44(41-65)38-45(37-43)42-65/h3-35,39,43-45H,36-38,40-42H2,1-2H3. The van der Waals surface area contributed by atoms with Crippen molar-refractivity contribution in [2.24, 2.45) is 17.8 Å². The molecule has 0 amide bonds. The number of hydrogen-bond donors (Lipinski definition) is 0. The lowest BCUT2D eigenvalue weighted by Crippen LogP contribution is -2.48. The first-order valence-electron chi connectivity index (χ1n) is 24.4. The molecule has 0 saturated heterocycles. The normalized spacial score (nSPS) is 20.8. The quantitative estimate of drug-likeness (QED) is 0.147. The van der Waals surface area contributed by atoms with Crippen molar-refractivity contribution >= 4 is 27.8 Å². The first kappa shape index (κ1) is 39.4. The Bertz CT molecular complexity index is 3220. The maximum absolute atomic E-state index is 2.48. The van der Waals surface area contributed by atoms with Crippen LogP contribution in [0.2, 0.25) is 0 Å². The molecule has 5 aliphatic rings. The highest BCUT2D eigenvalue weighted by atomic mass is 15.1. The Morgan fingerprint density at radius 3 is 1.38 bits per heavy atom. The molecular weight excluding hydrogens is 795 g/mol. The highest BCUT2D eigenvalue weighted by Gasteiger charge is 2.51. The summed E-state index contributed by atoms with van der Waals surface area (Å²) in [5.41, 5.74) is 20.9. The van der Waals surface area contributed by atoms with E-state index in [4.69, 9.17) is 0 Å². The fourth-order valence-corrected chi connectivity index (χ4v) is 13.6. The van der Waals surface area contributed by atoms with Crippen LogP contribution in [0.25, 0.3) is 66.4 Å². The molecule has 4 saturated carbocycles. The molecular formula is C65H55N. The van der Waals surface area contributed by atoms with Crippen molar-refractivity contribution in [3.8, 4) is 55.6 Å². The Morgan fingerprint density at radius 2 is 0.803 bits per heavy atom. The van der Waals surface area contributed by atoms with E-state index in [1.807, 2.05) is 0 Å². The SMILES string of the molecule is CC1(C)c2ccccc2-c2ccc(-c3ccc(N(c4ccc(-c5ccc(C67CC8CC(CC(C8)C6)C7)cc5)cc4)c4ccc(-c5cccc6cccc(-c7ccccc7)c56)cc4)cc3)cc21. The van der Waals surface area contributed by atoms with Crippen LogP contribution in [0.15, 0.2) is 206 Å². The Balaban J connectivity index is 0.851. The predicted octanol–water partition coefficient (Wildman–Crippen LogP) is 17.8. The summed E-state index contributed by atoms with van der Waals surface area (Å²) in [5.74, 6) is 2.86. The van der Waals surface area contributed by atoms with Crippen molar-refractivity contribution in [2.75, 3.05) is 4.90 Å². The Morgan fingerprint density at radius 1 is 0.364 bits per heavy atom. The zero-order chi connectivity index (χ0) is 44.0. The summed E-state index contributed by atoms with van der Waals surface area (Å²) in [5, 5.41) is 2.53. The molecule has 1 nitrogen and oxygen atoms in total. The number of nitrogens with zero attached hydrogens (tertiary/aromatic N) is 1. The van der Waals surface area contributed by atoms with E-state index in [9.17, 15) is 0 Å². The average Bonchev–Trinajstić information content (AvgIpc) is 3.59. The molecule has 14 rings (SSSR count). The van der Waals surface area contributed by atoms with Crippen LogP contribution in [-0.2, 0) is 10.8 Å². The lowest BCUT2D eigenvalue weighted by Gasteiger charge is -2.57. The number of benzene rings is 9. The smallest absolute Gasteiger partial charge is 0.0462 e. The lowest BCUT2D eigenvalue weighted by molar-refractivity contribution is -0.00518. The minimum absolute atomic E-state index is 0.0391. The van der Waals surface area contributed by atoms with Crippen LogP contribution in [0.4, 0.5) is 17.1 Å². The summed E-state index contributed by atoms with van der Waals surface area (Å²) in [6.45, 7) is 4.72. The molecule has 0 aliphatic heterocycles. The monoisotopic (exact) mass is 849 g/mol. The molecule has 0 atom stereocenters. The molecule has 320 valence electrons. The molecule has 9 aromatic rings. The van der Waals surface area contributed by atoms with Crippen molar-refractivity contribution in [3.05, 3.63) is 223 Å². The van der Waals surface area contributed by atoms with E-state index in [0.29, 0.717) is 5.41 Å². The van der Waals surface area contributed by atoms with Gasteiger partial charge in [-0.2, -0.15) is 0 Å². The van der Waals surface area contributed by atoms with Crippen molar-refractivity contribution in [1.82, 2.24) is 0 Å². The number of rotatable bonds is 8. The van der Waals surface area contributed by atoms with Gasteiger partial charge in [0.1, 0.15) is 0 Å². The Kier molecular flexibility index (Phi) is 9.14. The van der Waals surface area contributed by atoms with Gasteiger partial charge in [0.25, 0.3) is 0 Å². The fourth-order valence-electron chi connectivity index (χ4n) is 13.6. The van der Waals surface area contributed by atoms with Crippen LogP contribution in [0, 0.1) is 17.8 Å². The summed E-state index contributed by atoms with van der Waals surface area (Å²) in [4.78, 5) is 2.41. The Labute approximate surface area is 390 Å². The highest BCUT2D eigenvalue weighted by molar-refractivity contribution is 6.06. The molecule has 0 unspecified atom stereocenters. The van der Waals surface area contributed by atoms with E-state index in [-0.39, 0.29) is 5.41 Å². The van der Waals surface area contributed by atoms with Gasteiger partial charge < -0.3 is 4.90 Å². The largest absolute Gasteiger partial charge is 0.311 e. The van der Waals surface area contributed by atoms with Gasteiger partial charge in [-0.05, 0) is 187 Å². The van der Waals surface area contributed by atoms with Gasteiger partial charge in [-0.15, -0.1) is 0 Å². The van der Waals surface area contributed by atoms with E-state index in [1.165, 1.54) is 116 Å². The molecule has 0 radical (unpaired) electrons. The van der Waals surface area contributed by atoms with Gasteiger partial charge in [0.15, 0.2) is 0 Å². The number of fused-ring (bicyclic) bond motifs is 4. The minimum Gasteiger partial charge on any atom is -0.311 e. The maximum Gasteiger partial charge on any atom is 0.0462 e. The van der Waals surface area contributed by atoms with Crippen LogP contribution in [0.3, 0.4) is 0 Å². The van der Waals surface area contributed by atoms with Gasteiger partial charge in [0.05, 0.1) is 0 Å². The second-order valence-electron chi connectivity index (χ2n) is 20.8. The second kappa shape index (κ2) is 15.3. The van der Waals surface area contributed by atoms with Gasteiger partial charge >= 0.3 is 0 Å². The number of anilines is 3. The molecule has 4 bridgehead atoms. The van der Waals surface area contributed by atoms with Gasteiger partial charge in [-0.1, -0.05) is 178 Å². The third-order valence-corrected chi connectivity index (χ3v) is 16.5. The molecule has 9 aromatic carbocycles. The van der Waals surface area contributed by atoms with Crippen LogP contribution in [-0.4, -0.2) is 0 Å². The van der Waals surface area contributed by atoms with Gasteiger partial charge in [0, 0.05) is 22.5 Å².